The monoisotopic (exact) mass is 277 g/mol. The third kappa shape index (κ3) is 1.59. The maximum atomic E-state index is 12.3. The van der Waals surface area contributed by atoms with Gasteiger partial charge in [0.15, 0.2) is 0 Å². The van der Waals surface area contributed by atoms with Crippen LogP contribution in [0.2, 0.25) is 0 Å². The molecule has 1 saturated heterocycles. The molecule has 3 atom stereocenters. The maximum absolute atomic E-state index is 12.3. The Kier molecular flexibility index (Phi) is 2.51. The van der Waals surface area contributed by atoms with Crippen molar-refractivity contribution in [2.45, 2.75) is 26.3 Å². The molecule has 0 bridgehead atoms. The minimum atomic E-state index is -1.18. The highest BCUT2D eigenvalue weighted by atomic mass is 16.4. The Labute approximate surface area is 115 Å². The minimum Gasteiger partial charge on any atom is -0.480 e. The van der Waals surface area contributed by atoms with Crippen LogP contribution < -0.4 is 0 Å². The number of fused-ring (bicyclic) bond motifs is 1. The predicted molar refractivity (Wildman–Crippen MR) is 66.3 cm³/mol. The molecule has 1 aromatic heterocycles. The van der Waals surface area contributed by atoms with Crippen LogP contribution in [-0.2, 0) is 20.8 Å². The van der Waals surface area contributed by atoms with Crippen molar-refractivity contribution in [3.05, 3.63) is 18.2 Å². The van der Waals surface area contributed by atoms with Crippen molar-refractivity contribution in [3.63, 3.8) is 0 Å². The van der Waals surface area contributed by atoms with E-state index < -0.39 is 12.0 Å². The smallest absolute Gasteiger partial charge is 0.327 e. The number of hydrogen-bond acceptors (Lipinski definition) is 4. The van der Waals surface area contributed by atoms with Crippen molar-refractivity contribution < 1.29 is 19.5 Å². The van der Waals surface area contributed by atoms with Crippen LogP contribution in [-0.4, -0.2) is 43.8 Å². The standard InChI is InChI=1S/C13H15N3O4/c1-13(2)8-9(13)11(18)16(10(8)17)7(12(19)20)3-6-4-14-5-15-6/h4-5,7-9H,3H2,1-2H3,(H,14,15)(H,19,20). The van der Waals surface area contributed by atoms with Gasteiger partial charge in [0.2, 0.25) is 11.8 Å². The zero-order valence-corrected chi connectivity index (χ0v) is 11.2. The topological polar surface area (TPSA) is 103 Å². The van der Waals surface area contributed by atoms with Gasteiger partial charge in [0.1, 0.15) is 6.04 Å². The summed E-state index contributed by atoms with van der Waals surface area (Å²) >= 11 is 0. The van der Waals surface area contributed by atoms with Crippen molar-refractivity contribution in [2.75, 3.05) is 0 Å². The van der Waals surface area contributed by atoms with E-state index in [-0.39, 0.29) is 35.5 Å². The van der Waals surface area contributed by atoms with E-state index in [0.29, 0.717) is 5.69 Å². The van der Waals surface area contributed by atoms with Crippen molar-refractivity contribution in [3.8, 4) is 0 Å². The van der Waals surface area contributed by atoms with Crippen LogP contribution in [0.3, 0.4) is 0 Å². The number of amides is 2. The average Bonchev–Trinajstić information content (AvgIpc) is 2.71. The number of aliphatic carboxylic acids is 1. The summed E-state index contributed by atoms with van der Waals surface area (Å²) in [6, 6.07) is -1.17. The van der Waals surface area contributed by atoms with E-state index in [0.717, 1.165) is 4.90 Å². The summed E-state index contributed by atoms with van der Waals surface area (Å²) in [7, 11) is 0. The zero-order valence-electron chi connectivity index (χ0n) is 11.2. The number of carbonyl (C=O) groups excluding carboxylic acids is 2. The number of hydrogen-bond donors (Lipinski definition) is 2. The molecule has 2 heterocycles. The van der Waals surface area contributed by atoms with Gasteiger partial charge in [-0.2, -0.15) is 0 Å². The van der Waals surface area contributed by atoms with Gasteiger partial charge in [0.25, 0.3) is 0 Å². The van der Waals surface area contributed by atoms with Gasteiger partial charge in [0, 0.05) is 18.3 Å². The number of rotatable bonds is 4. The Morgan fingerprint density at radius 3 is 2.50 bits per heavy atom. The van der Waals surface area contributed by atoms with Gasteiger partial charge in [0.05, 0.1) is 18.2 Å². The molecular weight excluding hydrogens is 262 g/mol. The maximum Gasteiger partial charge on any atom is 0.327 e. The Bertz CT molecular complexity index is 569. The lowest BCUT2D eigenvalue weighted by atomic mass is 10.0. The molecule has 3 unspecified atom stereocenters. The third-order valence-corrected chi connectivity index (χ3v) is 4.40. The van der Waals surface area contributed by atoms with Gasteiger partial charge < -0.3 is 10.1 Å². The lowest BCUT2D eigenvalue weighted by molar-refractivity contribution is -0.157. The molecule has 7 nitrogen and oxygen atoms in total. The Balaban J connectivity index is 1.85. The van der Waals surface area contributed by atoms with Crippen LogP contribution in [0.15, 0.2) is 12.5 Å². The first-order valence-electron chi connectivity index (χ1n) is 6.42. The first kappa shape index (κ1) is 12.8. The lowest BCUT2D eigenvalue weighted by Crippen LogP contribution is -2.49. The number of aromatic nitrogens is 2. The summed E-state index contributed by atoms with van der Waals surface area (Å²) in [5, 5.41) is 9.32. The van der Waals surface area contributed by atoms with Crippen LogP contribution >= 0.6 is 0 Å². The number of carboxylic acids is 1. The molecule has 2 fully saturated rings. The van der Waals surface area contributed by atoms with E-state index in [1.165, 1.54) is 12.5 Å². The van der Waals surface area contributed by atoms with Gasteiger partial charge in [-0.3, -0.25) is 14.5 Å². The van der Waals surface area contributed by atoms with Gasteiger partial charge in [-0.05, 0) is 5.41 Å². The Hall–Kier alpha value is -2.18. The number of carbonyl (C=O) groups is 3. The molecule has 1 aliphatic carbocycles. The van der Waals surface area contributed by atoms with E-state index >= 15 is 0 Å². The van der Waals surface area contributed by atoms with Crippen molar-refractivity contribution in [2.24, 2.45) is 17.3 Å². The van der Waals surface area contributed by atoms with E-state index in [1.54, 1.807) is 0 Å². The number of H-pyrrole nitrogens is 1. The highest BCUT2D eigenvalue weighted by molar-refractivity contribution is 6.12. The van der Waals surface area contributed by atoms with Crippen LogP contribution in [0.25, 0.3) is 0 Å². The van der Waals surface area contributed by atoms with Crippen molar-refractivity contribution >= 4 is 17.8 Å². The molecule has 20 heavy (non-hydrogen) atoms. The van der Waals surface area contributed by atoms with Crippen LogP contribution in [0.1, 0.15) is 19.5 Å². The number of aromatic amines is 1. The summed E-state index contributed by atoms with van der Waals surface area (Å²) < 4.78 is 0. The second-order valence-electron chi connectivity index (χ2n) is 5.96. The number of imide groups is 1. The van der Waals surface area contributed by atoms with E-state index in [2.05, 4.69) is 9.97 Å². The zero-order chi connectivity index (χ0) is 14.7. The largest absolute Gasteiger partial charge is 0.480 e. The van der Waals surface area contributed by atoms with Crippen molar-refractivity contribution in [1.82, 2.24) is 14.9 Å². The lowest BCUT2D eigenvalue weighted by Gasteiger charge is -2.26. The predicted octanol–water partition coefficient (Wildman–Crippen LogP) is 0.0464. The highest BCUT2D eigenvalue weighted by Gasteiger charge is 2.73. The fraction of sp³-hybridized carbons (Fsp3) is 0.538. The molecule has 1 aromatic rings. The summed E-state index contributed by atoms with van der Waals surface area (Å²) in [5.74, 6) is -2.63. The molecule has 2 aliphatic rings. The molecule has 0 radical (unpaired) electrons. The van der Waals surface area contributed by atoms with E-state index in [4.69, 9.17) is 0 Å². The minimum absolute atomic E-state index is 0.0483. The van der Waals surface area contributed by atoms with Crippen molar-refractivity contribution in [1.29, 1.82) is 0 Å². The summed E-state index contributed by atoms with van der Waals surface area (Å²) in [4.78, 5) is 43.5. The first-order chi connectivity index (χ1) is 9.35. The van der Waals surface area contributed by atoms with Crippen LogP contribution in [0.5, 0.6) is 0 Å². The highest BCUT2D eigenvalue weighted by Crippen LogP contribution is 2.63. The molecule has 2 N–H and O–H groups in total. The van der Waals surface area contributed by atoms with Gasteiger partial charge >= 0.3 is 5.97 Å². The van der Waals surface area contributed by atoms with Gasteiger partial charge in [-0.25, -0.2) is 9.78 Å². The molecule has 1 saturated carbocycles. The van der Waals surface area contributed by atoms with E-state index in [1.807, 2.05) is 13.8 Å². The molecule has 106 valence electrons. The fourth-order valence-electron chi connectivity index (χ4n) is 3.17. The molecule has 2 amide bonds. The number of carboxylic acid groups (broad SMARTS) is 1. The second-order valence-corrected chi connectivity index (χ2v) is 5.96. The summed E-state index contributed by atoms with van der Waals surface area (Å²) in [5.41, 5.74) is 0.250. The molecule has 0 aromatic carbocycles. The molecule has 3 rings (SSSR count). The number of likely N-dealkylation sites (tertiary alicyclic amines) is 1. The molecule has 7 heteroatoms. The van der Waals surface area contributed by atoms with Gasteiger partial charge in [-0.15, -0.1) is 0 Å². The average molecular weight is 277 g/mol. The number of piperidine rings is 1. The van der Waals surface area contributed by atoms with Crippen LogP contribution in [0.4, 0.5) is 0 Å². The fourth-order valence-corrected chi connectivity index (χ4v) is 3.17. The summed E-state index contributed by atoms with van der Waals surface area (Å²) in [6.07, 6.45) is 2.97. The third-order valence-electron chi connectivity index (χ3n) is 4.40. The number of nitrogens with one attached hydrogen (secondary N) is 1. The quantitative estimate of drug-likeness (QED) is 0.757. The Morgan fingerprint density at radius 1 is 1.45 bits per heavy atom. The number of imidazole rings is 1. The normalized spacial score (nSPS) is 28.4. The second kappa shape index (κ2) is 3.91. The molecular formula is C13H15N3O4. The molecule has 1 aliphatic heterocycles. The molecule has 0 spiro atoms. The van der Waals surface area contributed by atoms with E-state index in [9.17, 15) is 19.5 Å². The van der Waals surface area contributed by atoms with Gasteiger partial charge in [-0.1, -0.05) is 13.8 Å². The first-order valence-corrected chi connectivity index (χ1v) is 6.42. The SMILES string of the molecule is CC1(C)C2C(=O)N(C(Cc3cnc[nH]3)C(=O)O)C(=O)C21. The Morgan fingerprint density at radius 2 is 2.05 bits per heavy atom. The van der Waals surface area contributed by atoms with Crippen LogP contribution in [0, 0.1) is 17.3 Å². The summed E-state index contributed by atoms with van der Waals surface area (Å²) in [6.45, 7) is 3.72. The number of nitrogens with zero attached hydrogens (tertiary/aromatic N) is 2.